The molecule has 0 saturated carbocycles. The molecule has 4 aliphatic carbocycles. The molecule has 50 heavy (non-hydrogen) atoms. The fourth-order valence-corrected chi connectivity index (χ4v) is 8.61. The molecule has 0 fully saturated rings. The quantitative estimate of drug-likeness (QED) is 0.172. The van der Waals surface area contributed by atoms with Gasteiger partial charge in [-0.2, -0.15) is 0 Å². The molecule has 0 saturated heterocycles. The molecule has 4 aliphatic rings. The van der Waals surface area contributed by atoms with E-state index in [4.69, 9.17) is 9.97 Å². The second kappa shape index (κ2) is 12.8. The molecule has 0 amide bonds. The first-order valence-electron chi connectivity index (χ1n) is 18.4. The second-order valence-corrected chi connectivity index (χ2v) is 14.4. The lowest BCUT2D eigenvalue weighted by atomic mass is 9.64. The SMILES string of the molecule is CC1CC=C(C2(c3ccccc3)c3ccccc3-c3ccc(-c4ccc(-c5cc(C6=CCCC=C6)nc(C6=CC=CCC6)n5)cc4)cc32)CC1. The van der Waals surface area contributed by atoms with Gasteiger partial charge in [0.2, 0.25) is 0 Å². The van der Waals surface area contributed by atoms with Crippen molar-refractivity contribution in [2.45, 2.75) is 57.3 Å². The van der Waals surface area contributed by atoms with E-state index in [9.17, 15) is 0 Å². The Morgan fingerprint density at radius 1 is 0.640 bits per heavy atom. The monoisotopic (exact) mass is 646 g/mol. The molecule has 4 aromatic carbocycles. The highest BCUT2D eigenvalue weighted by atomic mass is 14.9. The summed E-state index contributed by atoms with van der Waals surface area (Å²) < 4.78 is 0. The van der Waals surface area contributed by atoms with Crippen LogP contribution >= 0.6 is 0 Å². The van der Waals surface area contributed by atoms with E-state index in [-0.39, 0.29) is 5.41 Å². The molecule has 1 aromatic heterocycles. The van der Waals surface area contributed by atoms with E-state index >= 15 is 0 Å². The molecule has 2 atom stereocenters. The largest absolute Gasteiger partial charge is 0.228 e. The van der Waals surface area contributed by atoms with Crippen LogP contribution in [0.2, 0.25) is 0 Å². The summed E-state index contributed by atoms with van der Waals surface area (Å²) in [6.07, 6.45) is 23.5. The van der Waals surface area contributed by atoms with Gasteiger partial charge in [-0.05, 0) is 113 Å². The molecule has 0 N–H and O–H groups in total. The number of hydrogen-bond donors (Lipinski definition) is 0. The summed E-state index contributed by atoms with van der Waals surface area (Å²) in [6.45, 7) is 2.39. The van der Waals surface area contributed by atoms with Crippen LogP contribution in [-0.4, -0.2) is 9.97 Å². The molecule has 0 spiro atoms. The van der Waals surface area contributed by atoms with Gasteiger partial charge in [0.15, 0.2) is 5.82 Å². The molecule has 9 rings (SSSR count). The van der Waals surface area contributed by atoms with E-state index < -0.39 is 0 Å². The standard InChI is InChI=1S/C48H42N2/c1-33-21-28-40(29-22-33)48(39-17-9-4-10-18-39)43-20-12-11-19-41(43)42-30-27-38(31-44(42)48)34-23-25-36(26-24-34)46-32-45(35-13-5-2-6-14-35)49-47(50-46)37-15-7-3-8-16-37/h3-5,7,9-15,17-20,23-28,30-33H,2,6,8,16,21-22,29H2,1H3. The van der Waals surface area contributed by atoms with Crippen LogP contribution in [0.25, 0.3) is 44.7 Å². The Morgan fingerprint density at radius 3 is 2.20 bits per heavy atom. The number of rotatable bonds is 6. The van der Waals surface area contributed by atoms with E-state index in [0.29, 0.717) is 0 Å². The lowest BCUT2D eigenvalue weighted by Gasteiger charge is -2.38. The highest BCUT2D eigenvalue weighted by Crippen LogP contribution is 2.58. The van der Waals surface area contributed by atoms with Gasteiger partial charge in [-0.15, -0.1) is 0 Å². The van der Waals surface area contributed by atoms with E-state index in [0.717, 1.165) is 67.2 Å². The van der Waals surface area contributed by atoms with Crippen molar-refractivity contribution in [3.8, 4) is 33.5 Å². The van der Waals surface area contributed by atoms with Gasteiger partial charge >= 0.3 is 0 Å². The van der Waals surface area contributed by atoms with Crippen LogP contribution < -0.4 is 0 Å². The summed E-state index contributed by atoms with van der Waals surface area (Å²) in [4.78, 5) is 10.2. The second-order valence-electron chi connectivity index (χ2n) is 14.4. The maximum Gasteiger partial charge on any atom is 0.156 e. The van der Waals surface area contributed by atoms with E-state index in [2.05, 4.69) is 153 Å². The van der Waals surface area contributed by atoms with Crippen LogP contribution in [0.5, 0.6) is 0 Å². The van der Waals surface area contributed by atoms with Crippen molar-refractivity contribution < 1.29 is 0 Å². The predicted molar refractivity (Wildman–Crippen MR) is 208 cm³/mol. The van der Waals surface area contributed by atoms with Crippen LogP contribution in [0.4, 0.5) is 0 Å². The molecule has 0 radical (unpaired) electrons. The van der Waals surface area contributed by atoms with E-state index in [1.54, 1.807) is 5.57 Å². The third-order valence-corrected chi connectivity index (χ3v) is 11.2. The Kier molecular flexibility index (Phi) is 7.88. The topological polar surface area (TPSA) is 25.8 Å². The zero-order valence-corrected chi connectivity index (χ0v) is 28.8. The molecule has 0 aliphatic heterocycles. The molecular formula is C48H42N2. The summed E-state index contributed by atoms with van der Waals surface area (Å²) in [6, 6.07) is 38.7. The number of hydrogen-bond acceptors (Lipinski definition) is 2. The van der Waals surface area contributed by atoms with Crippen LogP contribution in [-0.2, 0) is 5.41 Å². The lowest BCUT2D eigenvalue weighted by molar-refractivity contribution is 0.488. The molecule has 2 unspecified atom stereocenters. The minimum Gasteiger partial charge on any atom is -0.228 e. The summed E-state index contributed by atoms with van der Waals surface area (Å²) >= 11 is 0. The predicted octanol–water partition coefficient (Wildman–Crippen LogP) is 12.3. The molecule has 244 valence electrons. The highest BCUT2D eigenvalue weighted by molar-refractivity contribution is 5.88. The summed E-state index contributed by atoms with van der Waals surface area (Å²) in [5, 5.41) is 0. The van der Waals surface area contributed by atoms with Gasteiger partial charge < -0.3 is 0 Å². The molecule has 0 bridgehead atoms. The molecular weight excluding hydrogens is 605 g/mol. The zero-order chi connectivity index (χ0) is 33.5. The Balaban J connectivity index is 1.15. The third-order valence-electron chi connectivity index (χ3n) is 11.2. The lowest BCUT2D eigenvalue weighted by Crippen LogP contribution is -2.31. The van der Waals surface area contributed by atoms with Gasteiger partial charge in [0, 0.05) is 5.56 Å². The Bertz CT molecular complexity index is 2250. The van der Waals surface area contributed by atoms with Crippen LogP contribution in [0.1, 0.15) is 80.1 Å². The van der Waals surface area contributed by atoms with Crippen molar-refractivity contribution in [2.75, 3.05) is 0 Å². The fraction of sp³-hybridized carbons (Fsp3) is 0.208. The highest BCUT2D eigenvalue weighted by Gasteiger charge is 2.47. The maximum atomic E-state index is 5.13. The third kappa shape index (κ3) is 5.26. The fourth-order valence-electron chi connectivity index (χ4n) is 8.61. The molecule has 5 aromatic rings. The summed E-state index contributed by atoms with van der Waals surface area (Å²) in [5.74, 6) is 1.56. The Hall–Kier alpha value is -5.34. The number of nitrogens with zero attached hydrogens (tertiary/aromatic N) is 2. The maximum absolute atomic E-state index is 5.13. The van der Waals surface area contributed by atoms with Gasteiger partial charge in [-0.1, -0.05) is 146 Å². The summed E-state index contributed by atoms with van der Waals surface area (Å²) in [7, 11) is 0. The smallest absolute Gasteiger partial charge is 0.156 e. The first-order valence-corrected chi connectivity index (χ1v) is 18.4. The van der Waals surface area contributed by atoms with E-state index in [1.807, 2.05) is 0 Å². The Labute approximate surface area is 296 Å². The average Bonchev–Trinajstić information content (AvgIpc) is 3.49. The Morgan fingerprint density at radius 2 is 1.42 bits per heavy atom. The number of aromatic nitrogens is 2. The normalized spacial score (nSPS) is 20.8. The minimum absolute atomic E-state index is 0.289. The number of benzene rings is 4. The minimum atomic E-state index is -0.289. The molecule has 2 heteroatoms. The summed E-state index contributed by atoms with van der Waals surface area (Å²) in [5.41, 5.74) is 16.1. The van der Waals surface area contributed by atoms with Gasteiger partial charge in [-0.3, -0.25) is 0 Å². The van der Waals surface area contributed by atoms with Crippen molar-refractivity contribution in [2.24, 2.45) is 5.92 Å². The average molecular weight is 647 g/mol. The van der Waals surface area contributed by atoms with Crippen molar-refractivity contribution in [3.63, 3.8) is 0 Å². The first kappa shape index (κ1) is 30.7. The number of allylic oxidation sites excluding steroid dienone is 10. The number of fused-ring (bicyclic) bond motifs is 3. The van der Waals surface area contributed by atoms with Gasteiger partial charge in [0.1, 0.15) is 0 Å². The van der Waals surface area contributed by atoms with Crippen molar-refractivity contribution in [1.82, 2.24) is 9.97 Å². The van der Waals surface area contributed by atoms with Crippen molar-refractivity contribution in [1.29, 1.82) is 0 Å². The zero-order valence-electron chi connectivity index (χ0n) is 28.8. The van der Waals surface area contributed by atoms with Crippen molar-refractivity contribution >= 4 is 11.1 Å². The van der Waals surface area contributed by atoms with Crippen LogP contribution in [0, 0.1) is 5.92 Å². The first-order chi connectivity index (χ1) is 24.7. The van der Waals surface area contributed by atoms with Gasteiger partial charge in [0.05, 0.1) is 16.8 Å². The van der Waals surface area contributed by atoms with Gasteiger partial charge in [0.25, 0.3) is 0 Å². The van der Waals surface area contributed by atoms with E-state index in [1.165, 1.54) is 56.5 Å². The van der Waals surface area contributed by atoms with Crippen LogP contribution in [0.3, 0.4) is 0 Å². The molecule has 1 heterocycles. The van der Waals surface area contributed by atoms with Crippen LogP contribution in [0.15, 0.2) is 151 Å². The van der Waals surface area contributed by atoms with Gasteiger partial charge in [-0.25, -0.2) is 9.97 Å². The molecule has 2 nitrogen and oxygen atoms in total. The van der Waals surface area contributed by atoms with Crippen molar-refractivity contribution in [3.05, 3.63) is 179 Å².